The number of benzene rings is 1. The molecule has 2 rings (SSSR count). The summed E-state index contributed by atoms with van der Waals surface area (Å²) in [5.41, 5.74) is 5.80. The van der Waals surface area contributed by atoms with Crippen LogP contribution < -0.4 is 10.5 Å². The fraction of sp³-hybridized carbons (Fsp3) is 0.562. The van der Waals surface area contributed by atoms with Crippen LogP contribution in [0.2, 0.25) is 0 Å². The predicted octanol–water partition coefficient (Wildman–Crippen LogP) is 2.94. The van der Waals surface area contributed by atoms with Gasteiger partial charge in [-0.25, -0.2) is 0 Å². The zero-order valence-corrected chi connectivity index (χ0v) is 14.8. The lowest BCUT2D eigenvalue weighted by atomic mass is 10.0. The summed E-state index contributed by atoms with van der Waals surface area (Å²) >= 11 is 1.59. The van der Waals surface area contributed by atoms with Crippen molar-refractivity contribution in [2.75, 3.05) is 20.2 Å². The summed E-state index contributed by atoms with van der Waals surface area (Å²) in [4.78, 5) is 15.7. The van der Waals surface area contributed by atoms with Gasteiger partial charge in [0.2, 0.25) is 5.91 Å². The van der Waals surface area contributed by atoms with Crippen molar-refractivity contribution in [1.29, 1.82) is 0 Å². The number of nitrogens with two attached hydrogens (primary N) is 1. The van der Waals surface area contributed by atoms with Gasteiger partial charge in [-0.2, -0.15) is 0 Å². The first-order valence-electron chi connectivity index (χ1n) is 7.47. The molecule has 2 N–H and O–H groups in total. The third kappa shape index (κ3) is 4.80. The number of hydrogen-bond donors (Lipinski definition) is 1. The molecule has 1 amide bonds. The molecule has 1 saturated heterocycles. The van der Waals surface area contributed by atoms with Crippen LogP contribution in [0.3, 0.4) is 0 Å². The van der Waals surface area contributed by atoms with E-state index in [9.17, 15) is 4.79 Å². The van der Waals surface area contributed by atoms with Crippen LogP contribution in [-0.2, 0) is 4.79 Å². The molecule has 1 aromatic carbocycles. The fourth-order valence-corrected chi connectivity index (χ4v) is 3.62. The van der Waals surface area contributed by atoms with Gasteiger partial charge in [0.25, 0.3) is 0 Å². The minimum Gasteiger partial charge on any atom is -0.497 e. The highest BCUT2D eigenvalue weighted by molar-refractivity contribution is 8.00. The number of carbonyl (C=O) groups is 1. The highest BCUT2D eigenvalue weighted by Gasteiger charge is 2.29. The molecule has 124 valence electrons. The zero-order chi connectivity index (χ0) is 15.2. The Morgan fingerprint density at radius 1 is 1.41 bits per heavy atom. The van der Waals surface area contributed by atoms with Crippen LogP contribution in [0.1, 0.15) is 26.2 Å². The lowest BCUT2D eigenvalue weighted by Crippen LogP contribution is -2.49. The lowest BCUT2D eigenvalue weighted by molar-refractivity contribution is -0.133. The summed E-state index contributed by atoms with van der Waals surface area (Å²) < 4.78 is 5.15. The van der Waals surface area contributed by atoms with Crippen molar-refractivity contribution in [3.8, 4) is 5.75 Å². The number of hydrogen-bond acceptors (Lipinski definition) is 4. The third-order valence-electron chi connectivity index (χ3n) is 3.90. The second-order valence-corrected chi connectivity index (χ2v) is 6.77. The standard InChI is InChI=1S/C16H24N2O2S.ClH/c1-12(21-15-8-6-14(20-2)7-9-15)16(19)18-10-4-3-5-13(18)11-17;/h6-9,12-13H,3-5,10-11,17H2,1-2H3;1H. The molecule has 0 spiro atoms. The summed E-state index contributed by atoms with van der Waals surface area (Å²) in [7, 11) is 1.65. The Bertz CT molecular complexity index is 470. The zero-order valence-electron chi connectivity index (χ0n) is 13.2. The number of rotatable bonds is 5. The molecule has 1 aliphatic rings. The molecule has 1 heterocycles. The second-order valence-electron chi connectivity index (χ2n) is 5.35. The first kappa shape index (κ1) is 19.1. The SMILES string of the molecule is COc1ccc(SC(C)C(=O)N2CCCCC2CN)cc1.Cl. The van der Waals surface area contributed by atoms with Crippen molar-refractivity contribution in [2.24, 2.45) is 5.73 Å². The lowest BCUT2D eigenvalue weighted by Gasteiger charge is -2.36. The normalized spacial score (nSPS) is 19.2. The van der Waals surface area contributed by atoms with Gasteiger partial charge < -0.3 is 15.4 Å². The Morgan fingerprint density at radius 3 is 2.68 bits per heavy atom. The largest absolute Gasteiger partial charge is 0.497 e. The number of nitrogens with zero attached hydrogens (tertiary/aromatic N) is 1. The van der Waals surface area contributed by atoms with Gasteiger partial charge in [0.15, 0.2) is 0 Å². The number of amides is 1. The van der Waals surface area contributed by atoms with Crippen LogP contribution in [0.15, 0.2) is 29.2 Å². The first-order chi connectivity index (χ1) is 10.2. The summed E-state index contributed by atoms with van der Waals surface area (Å²) in [6, 6.07) is 8.03. The molecule has 22 heavy (non-hydrogen) atoms. The van der Waals surface area contributed by atoms with E-state index in [0.29, 0.717) is 6.54 Å². The van der Waals surface area contributed by atoms with Crippen LogP contribution in [0.4, 0.5) is 0 Å². The molecule has 1 fully saturated rings. The number of halogens is 1. The first-order valence-corrected chi connectivity index (χ1v) is 8.35. The Balaban J connectivity index is 0.00000242. The molecule has 2 atom stereocenters. The van der Waals surface area contributed by atoms with Crippen LogP contribution in [0.5, 0.6) is 5.75 Å². The quantitative estimate of drug-likeness (QED) is 0.834. The van der Waals surface area contributed by atoms with E-state index in [-0.39, 0.29) is 29.6 Å². The van der Waals surface area contributed by atoms with Gasteiger partial charge in [-0.1, -0.05) is 0 Å². The van der Waals surface area contributed by atoms with Crippen LogP contribution in [-0.4, -0.2) is 42.3 Å². The molecule has 0 aromatic heterocycles. The molecule has 0 saturated carbocycles. The van der Waals surface area contributed by atoms with Gasteiger partial charge in [-0.05, 0) is 50.5 Å². The topological polar surface area (TPSA) is 55.6 Å². The van der Waals surface area contributed by atoms with Crippen molar-refractivity contribution < 1.29 is 9.53 Å². The minimum absolute atomic E-state index is 0. The summed E-state index contributed by atoms with van der Waals surface area (Å²) in [5.74, 6) is 1.03. The monoisotopic (exact) mass is 344 g/mol. The van der Waals surface area contributed by atoms with Gasteiger partial charge in [0, 0.05) is 24.0 Å². The summed E-state index contributed by atoms with van der Waals surface area (Å²) in [5, 5.41) is -0.0921. The molecule has 0 radical (unpaired) electrons. The van der Waals surface area contributed by atoms with E-state index in [4.69, 9.17) is 10.5 Å². The van der Waals surface area contributed by atoms with Crippen molar-refractivity contribution in [1.82, 2.24) is 4.90 Å². The number of methoxy groups -OCH3 is 1. The molecule has 6 heteroatoms. The van der Waals surface area contributed by atoms with E-state index in [1.807, 2.05) is 36.1 Å². The third-order valence-corrected chi connectivity index (χ3v) is 5.00. The Morgan fingerprint density at radius 2 is 2.09 bits per heavy atom. The number of piperidine rings is 1. The van der Waals surface area contributed by atoms with Gasteiger partial charge in [0.05, 0.1) is 12.4 Å². The van der Waals surface area contributed by atoms with Crippen molar-refractivity contribution in [3.63, 3.8) is 0 Å². The van der Waals surface area contributed by atoms with Gasteiger partial charge in [-0.15, -0.1) is 24.2 Å². The maximum absolute atomic E-state index is 12.6. The molecule has 1 aromatic rings. The highest BCUT2D eigenvalue weighted by atomic mass is 35.5. The number of carbonyl (C=O) groups excluding carboxylic acids is 1. The number of likely N-dealkylation sites (tertiary alicyclic amines) is 1. The summed E-state index contributed by atoms with van der Waals surface area (Å²) in [6.45, 7) is 3.37. The van der Waals surface area contributed by atoms with Crippen molar-refractivity contribution in [2.45, 2.75) is 42.4 Å². The van der Waals surface area contributed by atoms with Crippen LogP contribution in [0, 0.1) is 0 Å². The molecule has 1 aliphatic heterocycles. The Kier molecular flexibility index (Phi) is 8.07. The van der Waals surface area contributed by atoms with E-state index in [1.54, 1.807) is 18.9 Å². The van der Waals surface area contributed by atoms with E-state index < -0.39 is 0 Å². The Hall–Kier alpha value is -0.910. The van der Waals surface area contributed by atoms with E-state index >= 15 is 0 Å². The average Bonchev–Trinajstić information content (AvgIpc) is 2.54. The van der Waals surface area contributed by atoms with Gasteiger partial charge in [-0.3, -0.25) is 4.79 Å². The molecular weight excluding hydrogens is 320 g/mol. The van der Waals surface area contributed by atoms with Crippen molar-refractivity contribution >= 4 is 30.1 Å². The van der Waals surface area contributed by atoms with Gasteiger partial charge >= 0.3 is 0 Å². The highest BCUT2D eigenvalue weighted by Crippen LogP contribution is 2.28. The van der Waals surface area contributed by atoms with Gasteiger partial charge in [0.1, 0.15) is 5.75 Å². The summed E-state index contributed by atoms with van der Waals surface area (Å²) in [6.07, 6.45) is 3.29. The minimum atomic E-state index is -0.0921. The maximum Gasteiger partial charge on any atom is 0.236 e. The second kappa shape index (κ2) is 9.28. The van der Waals surface area contributed by atoms with E-state index in [1.165, 1.54) is 6.42 Å². The van der Waals surface area contributed by atoms with E-state index in [2.05, 4.69) is 0 Å². The van der Waals surface area contributed by atoms with Crippen LogP contribution in [0.25, 0.3) is 0 Å². The number of ether oxygens (including phenoxy) is 1. The fourth-order valence-electron chi connectivity index (χ4n) is 2.68. The molecular formula is C16H25ClN2O2S. The number of thioether (sulfide) groups is 1. The maximum atomic E-state index is 12.6. The van der Waals surface area contributed by atoms with Crippen molar-refractivity contribution in [3.05, 3.63) is 24.3 Å². The van der Waals surface area contributed by atoms with E-state index in [0.717, 1.165) is 30.0 Å². The molecule has 2 unspecified atom stereocenters. The molecule has 0 bridgehead atoms. The molecule has 0 aliphatic carbocycles. The Labute approximate surface area is 143 Å². The molecule has 4 nitrogen and oxygen atoms in total. The van der Waals surface area contributed by atoms with Crippen LogP contribution >= 0.6 is 24.2 Å². The average molecular weight is 345 g/mol. The predicted molar refractivity (Wildman–Crippen MR) is 94.0 cm³/mol. The smallest absolute Gasteiger partial charge is 0.236 e.